The van der Waals surface area contributed by atoms with E-state index in [4.69, 9.17) is 28.3 Å². The van der Waals surface area contributed by atoms with E-state index in [9.17, 15) is 22.6 Å². The van der Waals surface area contributed by atoms with Crippen molar-refractivity contribution in [2.45, 2.75) is 18.7 Å². The average molecular weight is 551 g/mol. The Bertz CT molecular complexity index is 1560. The third kappa shape index (κ3) is 5.82. The van der Waals surface area contributed by atoms with Gasteiger partial charge in [0.15, 0.2) is 11.5 Å². The van der Waals surface area contributed by atoms with E-state index in [0.29, 0.717) is 33.1 Å². The van der Waals surface area contributed by atoms with E-state index in [0.717, 1.165) is 0 Å². The van der Waals surface area contributed by atoms with Gasteiger partial charge >= 0.3 is 5.97 Å². The van der Waals surface area contributed by atoms with Gasteiger partial charge < -0.3 is 5.11 Å². The first kappa shape index (κ1) is 27.1. The predicted molar refractivity (Wildman–Crippen MR) is 133 cm³/mol. The van der Waals surface area contributed by atoms with Crippen LogP contribution in [0, 0.1) is 13.8 Å². The van der Waals surface area contributed by atoms with Gasteiger partial charge in [-0.15, -0.1) is 0 Å². The SMILES string of the molecule is Cc1ccc(S(=O)(=O)O)cc1-c1c(C(=O)c2ccc(Cl)cc2Cl)c(C)nn1C.O=C(O)c1cc[nH]n1. The van der Waals surface area contributed by atoms with Crippen LogP contribution in [0.3, 0.4) is 0 Å². The van der Waals surface area contributed by atoms with Crippen LogP contribution < -0.4 is 0 Å². The summed E-state index contributed by atoms with van der Waals surface area (Å²) in [5.74, 6) is -1.37. The number of aromatic carboxylic acids is 1. The Hall–Kier alpha value is -3.51. The van der Waals surface area contributed by atoms with Gasteiger partial charge in [0.05, 0.1) is 26.9 Å². The summed E-state index contributed by atoms with van der Waals surface area (Å²) in [6, 6.07) is 10.1. The Balaban J connectivity index is 0.000000383. The molecule has 0 bridgehead atoms. The number of aromatic nitrogens is 4. The molecule has 4 aromatic rings. The highest BCUT2D eigenvalue weighted by Gasteiger charge is 2.26. The molecule has 36 heavy (non-hydrogen) atoms. The van der Waals surface area contributed by atoms with Crippen LogP contribution in [0.4, 0.5) is 0 Å². The fraction of sp³-hybridized carbons (Fsp3) is 0.130. The Morgan fingerprint density at radius 3 is 2.28 bits per heavy atom. The van der Waals surface area contributed by atoms with Gasteiger partial charge in [-0.05, 0) is 55.8 Å². The average Bonchev–Trinajstić information content (AvgIpc) is 3.41. The number of benzene rings is 2. The van der Waals surface area contributed by atoms with E-state index < -0.39 is 16.1 Å². The maximum Gasteiger partial charge on any atom is 0.356 e. The third-order valence-corrected chi connectivity index (χ3v) is 6.50. The lowest BCUT2D eigenvalue weighted by Crippen LogP contribution is -2.07. The maximum atomic E-state index is 13.3. The fourth-order valence-corrected chi connectivity index (χ4v) is 4.44. The predicted octanol–water partition coefficient (Wildman–Crippen LogP) is 4.60. The Labute approximate surface area is 216 Å². The quantitative estimate of drug-likeness (QED) is 0.240. The number of carboxylic acid groups (broad SMARTS) is 1. The minimum absolute atomic E-state index is 0.0463. The van der Waals surface area contributed by atoms with Crippen molar-refractivity contribution < 1.29 is 27.7 Å². The first-order valence-electron chi connectivity index (χ1n) is 10.2. The summed E-state index contributed by atoms with van der Waals surface area (Å²) in [5, 5.41) is 18.9. The van der Waals surface area contributed by atoms with Crippen LogP contribution in [0.5, 0.6) is 0 Å². The second-order valence-corrected chi connectivity index (χ2v) is 9.87. The van der Waals surface area contributed by atoms with Crippen molar-refractivity contribution >= 4 is 45.1 Å². The molecule has 0 aliphatic carbocycles. The van der Waals surface area contributed by atoms with E-state index in [1.165, 1.54) is 41.2 Å². The highest BCUT2D eigenvalue weighted by atomic mass is 35.5. The fourth-order valence-electron chi connectivity index (χ4n) is 3.44. The highest BCUT2D eigenvalue weighted by molar-refractivity contribution is 7.85. The normalized spacial score (nSPS) is 11.1. The number of carboxylic acids is 1. The van der Waals surface area contributed by atoms with Crippen molar-refractivity contribution in [2.75, 3.05) is 0 Å². The van der Waals surface area contributed by atoms with E-state index in [1.807, 2.05) is 0 Å². The van der Waals surface area contributed by atoms with Gasteiger partial charge in [-0.1, -0.05) is 29.3 Å². The van der Waals surface area contributed by atoms with Gasteiger partial charge in [0, 0.05) is 29.4 Å². The molecule has 10 nitrogen and oxygen atoms in total. The standard InChI is InChI=1S/C19H16Cl2N2O4S.C4H4N2O2/c1-10-4-6-13(28(25,26)27)9-15(10)18-17(11(2)22-23(18)3)19(24)14-7-5-12(20)8-16(14)21;7-4(8)3-1-2-5-6-3/h4-9H,1-3H3,(H,25,26,27);1-2H,(H,5,6)(H,7,8). The van der Waals surface area contributed by atoms with Crippen molar-refractivity contribution in [2.24, 2.45) is 7.05 Å². The van der Waals surface area contributed by atoms with Crippen molar-refractivity contribution in [1.82, 2.24) is 20.0 Å². The molecule has 0 unspecified atom stereocenters. The van der Waals surface area contributed by atoms with E-state index in [1.54, 1.807) is 33.0 Å². The number of carbonyl (C=O) groups is 2. The topological polar surface area (TPSA) is 155 Å². The molecular formula is C23H20Cl2N4O6S. The molecule has 3 N–H and O–H groups in total. The number of aryl methyl sites for hydroxylation is 3. The molecule has 0 saturated heterocycles. The molecule has 0 aliphatic heterocycles. The molecule has 188 valence electrons. The molecule has 0 radical (unpaired) electrons. The summed E-state index contributed by atoms with van der Waals surface area (Å²) in [4.78, 5) is 23.0. The minimum atomic E-state index is -4.40. The highest BCUT2D eigenvalue weighted by Crippen LogP contribution is 2.33. The van der Waals surface area contributed by atoms with Gasteiger partial charge in [0.1, 0.15) is 0 Å². The zero-order valence-electron chi connectivity index (χ0n) is 19.2. The lowest BCUT2D eigenvalue weighted by Gasteiger charge is -2.11. The number of H-pyrrole nitrogens is 1. The smallest absolute Gasteiger partial charge is 0.356 e. The number of carbonyl (C=O) groups excluding carboxylic acids is 1. The van der Waals surface area contributed by atoms with Crippen LogP contribution in [-0.4, -0.2) is 49.8 Å². The monoisotopic (exact) mass is 550 g/mol. The van der Waals surface area contributed by atoms with E-state index >= 15 is 0 Å². The van der Waals surface area contributed by atoms with Gasteiger partial charge in [-0.2, -0.15) is 18.6 Å². The number of aromatic amines is 1. The summed E-state index contributed by atoms with van der Waals surface area (Å²) in [5.41, 5.74) is 2.67. The molecule has 0 atom stereocenters. The molecule has 2 heterocycles. The van der Waals surface area contributed by atoms with Crippen LogP contribution in [0.25, 0.3) is 11.3 Å². The molecule has 0 amide bonds. The zero-order valence-corrected chi connectivity index (χ0v) is 21.5. The van der Waals surface area contributed by atoms with Crippen molar-refractivity contribution in [3.05, 3.63) is 86.8 Å². The molecule has 2 aromatic heterocycles. The van der Waals surface area contributed by atoms with Crippen molar-refractivity contribution in [1.29, 1.82) is 0 Å². The largest absolute Gasteiger partial charge is 0.476 e. The number of hydrogen-bond acceptors (Lipinski definition) is 6. The molecule has 2 aromatic carbocycles. The van der Waals surface area contributed by atoms with Crippen LogP contribution >= 0.6 is 23.2 Å². The van der Waals surface area contributed by atoms with Gasteiger partial charge in [-0.25, -0.2) is 4.79 Å². The van der Waals surface area contributed by atoms with Crippen LogP contribution in [0.15, 0.2) is 53.6 Å². The maximum absolute atomic E-state index is 13.3. The number of nitrogens with one attached hydrogen (secondary N) is 1. The Morgan fingerprint density at radius 1 is 1.06 bits per heavy atom. The molecule has 0 saturated carbocycles. The van der Waals surface area contributed by atoms with Gasteiger partial charge in [-0.3, -0.25) is 19.1 Å². The number of ketones is 1. The zero-order chi connectivity index (χ0) is 26.8. The second kappa shape index (κ2) is 10.6. The lowest BCUT2D eigenvalue weighted by atomic mass is 9.95. The van der Waals surface area contributed by atoms with Gasteiger partial charge in [0.2, 0.25) is 0 Å². The number of halogens is 2. The van der Waals surface area contributed by atoms with Crippen LogP contribution in [-0.2, 0) is 17.2 Å². The molecule has 4 rings (SSSR count). The summed E-state index contributed by atoms with van der Waals surface area (Å²) in [6.07, 6.45) is 1.46. The first-order chi connectivity index (χ1) is 16.8. The minimum Gasteiger partial charge on any atom is -0.476 e. The summed E-state index contributed by atoms with van der Waals surface area (Å²) in [6.45, 7) is 3.46. The molecular weight excluding hydrogens is 531 g/mol. The van der Waals surface area contributed by atoms with Crippen LogP contribution in [0.1, 0.15) is 37.7 Å². The summed E-state index contributed by atoms with van der Waals surface area (Å²) < 4.78 is 34.0. The molecule has 13 heteroatoms. The van der Waals surface area contributed by atoms with Crippen LogP contribution in [0.2, 0.25) is 10.0 Å². The van der Waals surface area contributed by atoms with E-state index in [-0.39, 0.29) is 27.0 Å². The third-order valence-electron chi connectivity index (χ3n) is 5.11. The molecule has 0 spiro atoms. The van der Waals surface area contributed by atoms with Crippen molar-refractivity contribution in [3.63, 3.8) is 0 Å². The molecule has 0 fully saturated rings. The lowest BCUT2D eigenvalue weighted by molar-refractivity contribution is 0.0690. The number of rotatable bonds is 5. The second-order valence-electron chi connectivity index (χ2n) is 7.60. The van der Waals surface area contributed by atoms with E-state index in [2.05, 4.69) is 15.3 Å². The summed E-state index contributed by atoms with van der Waals surface area (Å²) in [7, 11) is -2.75. The Morgan fingerprint density at radius 2 is 1.75 bits per heavy atom. The Kier molecular flexibility index (Phi) is 7.99. The van der Waals surface area contributed by atoms with Gasteiger partial charge in [0.25, 0.3) is 10.1 Å². The summed E-state index contributed by atoms with van der Waals surface area (Å²) >= 11 is 12.1. The number of hydrogen-bond donors (Lipinski definition) is 3. The number of nitrogens with zero attached hydrogens (tertiary/aromatic N) is 3. The molecule has 0 aliphatic rings. The van der Waals surface area contributed by atoms with Crippen molar-refractivity contribution in [3.8, 4) is 11.3 Å². The first-order valence-corrected chi connectivity index (χ1v) is 12.4.